The molecule has 30 heavy (non-hydrogen) atoms. The van der Waals surface area contributed by atoms with Gasteiger partial charge in [-0.05, 0) is 26.0 Å². The van der Waals surface area contributed by atoms with Gasteiger partial charge in [-0.25, -0.2) is 15.8 Å². The molecule has 2 heterocycles. The number of anilines is 1. The van der Waals surface area contributed by atoms with Gasteiger partial charge in [0.1, 0.15) is 17.2 Å². The number of hydrogen-bond acceptors (Lipinski definition) is 8. The number of nitrogens with two attached hydrogens (primary N) is 1. The molecule has 0 fully saturated rings. The van der Waals surface area contributed by atoms with Crippen LogP contribution in [-0.2, 0) is 7.05 Å². The lowest BCUT2D eigenvalue weighted by Gasteiger charge is -2.13. The molecule has 11 heteroatoms. The van der Waals surface area contributed by atoms with Crippen molar-refractivity contribution in [3.05, 3.63) is 54.1 Å². The Bertz CT molecular complexity index is 1050. The highest BCUT2D eigenvalue weighted by Gasteiger charge is 2.14. The predicted octanol–water partition coefficient (Wildman–Crippen LogP) is 1.65. The summed E-state index contributed by atoms with van der Waals surface area (Å²) in [5.41, 5.74) is 2.31. The van der Waals surface area contributed by atoms with Crippen molar-refractivity contribution in [1.29, 1.82) is 0 Å². The Morgan fingerprint density at radius 3 is 2.47 bits per heavy atom. The van der Waals surface area contributed by atoms with Gasteiger partial charge in [0.05, 0.1) is 18.5 Å². The quantitative estimate of drug-likeness (QED) is 0.302. The molecule has 2 amide bonds. The molecule has 1 aromatic carbocycles. The minimum Gasteiger partial charge on any atom is -0.491 e. The van der Waals surface area contributed by atoms with Crippen molar-refractivity contribution < 1.29 is 19.1 Å². The molecule has 0 aliphatic rings. The van der Waals surface area contributed by atoms with E-state index in [9.17, 15) is 9.59 Å². The Labute approximate surface area is 172 Å². The van der Waals surface area contributed by atoms with E-state index in [4.69, 9.17) is 15.3 Å². The maximum atomic E-state index is 12.7. The van der Waals surface area contributed by atoms with Crippen LogP contribution in [0.5, 0.6) is 17.4 Å². The predicted molar refractivity (Wildman–Crippen MR) is 107 cm³/mol. The fourth-order valence-corrected chi connectivity index (χ4v) is 2.45. The van der Waals surface area contributed by atoms with Gasteiger partial charge in [0.2, 0.25) is 5.88 Å². The first-order chi connectivity index (χ1) is 14.3. The first-order valence-electron chi connectivity index (χ1n) is 8.97. The zero-order chi connectivity index (χ0) is 21.7. The molecule has 0 radical (unpaired) electrons. The number of carbonyl (C=O) groups is 2. The Morgan fingerprint density at radius 1 is 1.10 bits per heavy atom. The molecule has 4 N–H and O–H groups in total. The van der Waals surface area contributed by atoms with Crippen LogP contribution in [0.1, 0.15) is 34.7 Å². The zero-order valence-corrected chi connectivity index (χ0v) is 16.6. The summed E-state index contributed by atoms with van der Waals surface area (Å²) in [5.74, 6) is 5.41. The second-order valence-corrected chi connectivity index (χ2v) is 6.50. The van der Waals surface area contributed by atoms with Crippen LogP contribution < -0.4 is 26.1 Å². The Morgan fingerprint density at radius 2 is 1.87 bits per heavy atom. The van der Waals surface area contributed by atoms with Gasteiger partial charge in [-0.15, -0.1) is 0 Å². The fraction of sp³-hybridized carbons (Fsp3) is 0.211. The number of carbonyl (C=O) groups excluding carboxylic acids is 2. The third-order valence-electron chi connectivity index (χ3n) is 3.68. The summed E-state index contributed by atoms with van der Waals surface area (Å²) in [6.45, 7) is 3.74. The highest BCUT2D eigenvalue weighted by atomic mass is 16.5. The number of nitrogen functional groups attached to an aromatic ring is 1. The van der Waals surface area contributed by atoms with Gasteiger partial charge in [0.25, 0.3) is 11.8 Å². The molecular weight excluding hydrogens is 390 g/mol. The Hall–Kier alpha value is -3.99. The molecule has 3 aromatic rings. The second-order valence-electron chi connectivity index (χ2n) is 6.50. The minimum absolute atomic E-state index is 0.0390. The minimum atomic E-state index is -0.574. The topological polar surface area (TPSA) is 146 Å². The molecule has 0 saturated heterocycles. The molecular formula is C19H21N7O4. The molecule has 0 atom stereocenters. The number of nitrogens with one attached hydrogen (secondary N) is 2. The summed E-state index contributed by atoms with van der Waals surface area (Å²) in [6.07, 6.45) is 4.10. The van der Waals surface area contributed by atoms with Crippen LogP contribution >= 0.6 is 0 Å². The number of amides is 2. The van der Waals surface area contributed by atoms with Crippen molar-refractivity contribution in [1.82, 2.24) is 25.2 Å². The van der Waals surface area contributed by atoms with Crippen molar-refractivity contribution in [3.8, 4) is 17.4 Å². The normalized spacial score (nSPS) is 10.6. The number of hydrogen-bond donors (Lipinski definition) is 3. The average Bonchev–Trinajstić information content (AvgIpc) is 3.11. The van der Waals surface area contributed by atoms with E-state index in [2.05, 4.69) is 20.4 Å². The van der Waals surface area contributed by atoms with E-state index >= 15 is 0 Å². The number of nitrogens with zero attached hydrogens (tertiary/aromatic N) is 4. The van der Waals surface area contributed by atoms with Gasteiger partial charge in [-0.3, -0.25) is 19.7 Å². The SMILES string of the molecule is CC(C)Oc1cc(Oc2cnc(C(=O)NN)cn2)cc(C(=O)Nc2ccn(C)n2)c1. The van der Waals surface area contributed by atoms with Crippen LogP contribution in [0.25, 0.3) is 0 Å². The van der Waals surface area contributed by atoms with E-state index in [0.717, 1.165) is 0 Å². The average molecular weight is 411 g/mol. The molecule has 0 unspecified atom stereocenters. The molecule has 2 aromatic heterocycles. The largest absolute Gasteiger partial charge is 0.491 e. The first-order valence-corrected chi connectivity index (χ1v) is 8.97. The molecule has 0 spiro atoms. The Balaban J connectivity index is 1.84. The summed E-state index contributed by atoms with van der Waals surface area (Å²) in [4.78, 5) is 32.1. The van der Waals surface area contributed by atoms with Crippen LogP contribution in [-0.4, -0.2) is 37.7 Å². The third kappa shape index (κ3) is 5.29. The van der Waals surface area contributed by atoms with E-state index < -0.39 is 5.91 Å². The molecule has 0 aliphatic heterocycles. The van der Waals surface area contributed by atoms with Crippen molar-refractivity contribution in [2.45, 2.75) is 20.0 Å². The maximum absolute atomic E-state index is 12.7. The zero-order valence-electron chi connectivity index (χ0n) is 16.6. The number of hydrazine groups is 1. The van der Waals surface area contributed by atoms with Gasteiger partial charge in [0.15, 0.2) is 5.82 Å². The number of benzene rings is 1. The lowest BCUT2D eigenvalue weighted by atomic mass is 10.2. The van der Waals surface area contributed by atoms with E-state index in [1.165, 1.54) is 18.5 Å². The standard InChI is InChI=1S/C19H21N7O4/c1-11(2)29-13-6-12(18(27)23-16-4-5-26(3)25-16)7-14(8-13)30-17-10-21-15(9-22-17)19(28)24-20/h4-11H,20H2,1-3H3,(H,24,28)(H,23,25,27). The molecule has 11 nitrogen and oxygen atoms in total. The molecule has 156 valence electrons. The van der Waals surface area contributed by atoms with E-state index in [1.807, 2.05) is 19.3 Å². The smallest absolute Gasteiger partial charge is 0.285 e. The summed E-state index contributed by atoms with van der Waals surface area (Å²) in [5, 5.41) is 6.84. The molecule has 0 saturated carbocycles. The van der Waals surface area contributed by atoms with Gasteiger partial charge in [-0.2, -0.15) is 5.10 Å². The Kier molecular flexibility index (Phi) is 6.23. The number of ether oxygens (including phenoxy) is 2. The lowest BCUT2D eigenvalue weighted by molar-refractivity contribution is 0.0947. The van der Waals surface area contributed by atoms with Gasteiger partial charge in [-0.1, -0.05) is 0 Å². The van der Waals surface area contributed by atoms with Crippen molar-refractivity contribution >= 4 is 17.6 Å². The van der Waals surface area contributed by atoms with Gasteiger partial charge in [0, 0.05) is 30.9 Å². The van der Waals surface area contributed by atoms with Crippen molar-refractivity contribution in [2.24, 2.45) is 12.9 Å². The summed E-state index contributed by atoms with van der Waals surface area (Å²) >= 11 is 0. The molecule has 3 rings (SSSR count). The van der Waals surface area contributed by atoms with E-state index in [-0.39, 0.29) is 23.6 Å². The van der Waals surface area contributed by atoms with Crippen molar-refractivity contribution in [3.63, 3.8) is 0 Å². The van der Waals surface area contributed by atoms with Gasteiger partial charge < -0.3 is 14.8 Å². The third-order valence-corrected chi connectivity index (χ3v) is 3.68. The summed E-state index contributed by atoms with van der Waals surface area (Å²) in [7, 11) is 1.75. The number of aromatic nitrogens is 4. The highest BCUT2D eigenvalue weighted by molar-refractivity contribution is 6.04. The number of aryl methyl sites for hydroxylation is 1. The highest BCUT2D eigenvalue weighted by Crippen LogP contribution is 2.27. The van der Waals surface area contributed by atoms with E-state index in [1.54, 1.807) is 36.1 Å². The van der Waals surface area contributed by atoms with Crippen LogP contribution in [0.4, 0.5) is 5.82 Å². The number of rotatable bonds is 7. The van der Waals surface area contributed by atoms with E-state index in [0.29, 0.717) is 22.9 Å². The van der Waals surface area contributed by atoms with Crippen LogP contribution in [0.3, 0.4) is 0 Å². The van der Waals surface area contributed by atoms with Crippen molar-refractivity contribution in [2.75, 3.05) is 5.32 Å². The molecule has 0 aliphatic carbocycles. The van der Waals surface area contributed by atoms with Gasteiger partial charge >= 0.3 is 0 Å². The monoisotopic (exact) mass is 411 g/mol. The fourth-order valence-electron chi connectivity index (χ4n) is 2.45. The lowest BCUT2D eigenvalue weighted by Crippen LogP contribution is -2.30. The first kappa shape index (κ1) is 20.7. The van der Waals surface area contributed by atoms with Crippen LogP contribution in [0, 0.1) is 0 Å². The maximum Gasteiger partial charge on any atom is 0.285 e. The van der Waals surface area contributed by atoms with Crippen LogP contribution in [0.2, 0.25) is 0 Å². The van der Waals surface area contributed by atoms with Crippen LogP contribution in [0.15, 0.2) is 42.9 Å². The summed E-state index contributed by atoms with van der Waals surface area (Å²) in [6, 6.07) is 6.44. The summed E-state index contributed by atoms with van der Waals surface area (Å²) < 4.78 is 13.0. The second kappa shape index (κ2) is 9.01. The molecule has 0 bridgehead atoms.